The third-order valence-corrected chi connectivity index (χ3v) is 5.03. The van der Waals surface area contributed by atoms with E-state index in [1.807, 2.05) is 54.6 Å². The molecule has 0 saturated carbocycles. The molecule has 1 heterocycles. The standard InChI is InChI=1S/C21H14ClNO2S/c22-17-10-11-20-18(12-17)23-21(25-20)26-13-19(24)16-8-6-15(7-9-16)14-4-2-1-3-5-14/h1-12H,13H2. The summed E-state index contributed by atoms with van der Waals surface area (Å²) in [5, 5.41) is 1.08. The Hall–Kier alpha value is -2.56. The zero-order valence-electron chi connectivity index (χ0n) is 13.7. The van der Waals surface area contributed by atoms with Crippen LogP contribution in [0.25, 0.3) is 22.2 Å². The van der Waals surface area contributed by atoms with Gasteiger partial charge in [0.1, 0.15) is 5.52 Å². The Bertz CT molecular complexity index is 1060. The highest BCUT2D eigenvalue weighted by molar-refractivity contribution is 7.99. The van der Waals surface area contributed by atoms with Crippen molar-refractivity contribution in [2.45, 2.75) is 5.22 Å². The van der Waals surface area contributed by atoms with Crippen LogP contribution in [0.3, 0.4) is 0 Å². The maximum atomic E-state index is 12.4. The van der Waals surface area contributed by atoms with Gasteiger partial charge in [0, 0.05) is 10.6 Å². The first-order chi connectivity index (χ1) is 12.7. The van der Waals surface area contributed by atoms with E-state index in [1.165, 1.54) is 11.8 Å². The van der Waals surface area contributed by atoms with E-state index in [-0.39, 0.29) is 11.5 Å². The average Bonchev–Trinajstić information content (AvgIpc) is 3.09. The van der Waals surface area contributed by atoms with Gasteiger partial charge in [0.15, 0.2) is 11.4 Å². The minimum atomic E-state index is 0.0369. The predicted molar refractivity (Wildman–Crippen MR) is 106 cm³/mol. The molecule has 0 aliphatic carbocycles. The lowest BCUT2D eigenvalue weighted by Gasteiger charge is -2.03. The lowest BCUT2D eigenvalue weighted by Crippen LogP contribution is -2.02. The van der Waals surface area contributed by atoms with Crippen molar-refractivity contribution < 1.29 is 9.21 Å². The summed E-state index contributed by atoms with van der Waals surface area (Å²) in [5.74, 6) is 0.306. The molecular formula is C21H14ClNO2S. The molecule has 0 unspecified atom stereocenters. The maximum absolute atomic E-state index is 12.4. The molecule has 4 rings (SSSR count). The summed E-state index contributed by atoms with van der Waals surface area (Å²) in [4.78, 5) is 16.8. The summed E-state index contributed by atoms with van der Waals surface area (Å²) in [6, 6.07) is 23.0. The zero-order chi connectivity index (χ0) is 17.9. The molecule has 0 fully saturated rings. The number of oxazole rings is 1. The smallest absolute Gasteiger partial charge is 0.257 e. The van der Waals surface area contributed by atoms with Crippen LogP contribution in [0.1, 0.15) is 10.4 Å². The fourth-order valence-electron chi connectivity index (χ4n) is 2.63. The highest BCUT2D eigenvalue weighted by atomic mass is 35.5. The summed E-state index contributed by atoms with van der Waals surface area (Å²) in [6.07, 6.45) is 0. The number of hydrogen-bond acceptors (Lipinski definition) is 4. The Morgan fingerprint density at radius 1 is 0.962 bits per heavy atom. The van der Waals surface area contributed by atoms with E-state index in [4.69, 9.17) is 16.0 Å². The van der Waals surface area contributed by atoms with Gasteiger partial charge in [-0.3, -0.25) is 4.79 Å². The van der Waals surface area contributed by atoms with E-state index >= 15 is 0 Å². The van der Waals surface area contributed by atoms with Crippen LogP contribution in [0.2, 0.25) is 5.02 Å². The van der Waals surface area contributed by atoms with Crippen LogP contribution in [-0.4, -0.2) is 16.5 Å². The van der Waals surface area contributed by atoms with Gasteiger partial charge in [0.2, 0.25) is 0 Å². The Morgan fingerprint density at radius 2 is 1.69 bits per heavy atom. The van der Waals surface area contributed by atoms with Crippen molar-refractivity contribution >= 4 is 40.2 Å². The normalized spacial score (nSPS) is 11.0. The Kier molecular flexibility index (Phi) is 4.78. The van der Waals surface area contributed by atoms with Crippen LogP contribution in [0.5, 0.6) is 0 Å². The molecule has 0 aliphatic rings. The molecule has 0 saturated heterocycles. The Morgan fingerprint density at radius 3 is 2.46 bits per heavy atom. The number of fused-ring (bicyclic) bond motifs is 1. The van der Waals surface area contributed by atoms with E-state index < -0.39 is 0 Å². The summed E-state index contributed by atoms with van der Waals surface area (Å²) >= 11 is 7.24. The van der Waals surface area contributed by atoms with Gasteiger partial charge in [-0.25, -0.2) is 4.98 Å². The van der Waals surface area contributed by atoms with Crippen molar-refractivity contribution in [1.29, 1.82) is 0 Å². The van der Waals surface area contributed by atoms with Gasteiger partial charge in [0.05, 0.1) is 5.75 Å². The lowest BCUT2D eigenvalue weighted by molar-refractivity contribution is 0.102. The monoisotopic (exact) mass is 379 g/mol. The van der Waals surface area contributed by atoms with E-state index in [2.05, 4.69) is 4.98 Å². The molecule has 26 heavy (non-hydrogen) atoms. The molecule has 3 aromatic carbocycles. The minimum Gasteiger partial charge on any atom is -0.431 e. The molecule has 0 amide bonds. The fraction of sp³-hybridized carbons (Fsp3) is 0.0476. The fourth-order valence-corrected chi connectivity index (χ4v) is 3.53. The highest BCUT2D eigenvalue weighted by Gasteiger charge is 2.11. The van der Waals surface area contributed by atoms with E-state index in [1.54, 1.807) is 18.2 Å². The van der Waals surface area contributed by atoms with Gasteiger partial charge in [-0.1, -0.05) is 78.0 Å². The molecule has 0 N–H and O–H groups in total. The van der Waals surface area contributed by atoms with Crippen molar-refractivity contribution in [3.63, 3.8) is 0 Å². The average molecular weight is 380 g/mol. The van der Waals surface area contributed by atoms with Crippen molar-refractivity contribution in [3.05, 3.63) is 83.4 Å². The number of halogens is 1. The summed E-state index contributed by atoms with van der Waals surface area (Å²) in [7, 11) is 0. The summed E-state index contributed by atoms with van der Waals surface area (Å²) < 4.78 is 5.63. The molecule has 3 nitrogen and oxygen atoms in total. The van der Waals surface area contributed by atoms with Crippen molar-refractivity contribution in [3.8, 4) is 11.1 Å². The van der Waals surface area contributed by atoms with Crippen LogP contribution in [0, 0.1) is 0 Å². The van der Waals surface area contributed by atoms with Gasteiger partial charge in [-0.2, -0.15) is 0 Å². The number of rotatable bonds is 5. The van der Waals surface area contributed by atoms with Crippen molar-refractivity contribution in [1.82, 2.24) is 4.98 Å². The maximum Gasteiger partial charge on any atom is 0.257 e. The highest BCUT2D eigenvalue weighted by Crippen LogP contribution is 2.26. The van der Waals surface area contributed by atoms with Crippen LogP contribution in [-0.2, 0) is 0 Å². The van der Waals surface area contributed by atoms with Gasteiger partial charge in [-0.15, -0.1) is 0 Å². The van der Waals surface area contributed by atoms with Crippen molar-refractivity contribution in [2.24, 2.45) is 0 Å². The molecule has 1 aromatic heterocycles. The molecule has 0 spiro atoms. The number of Topliss-reactive ketones (excluding diaryl/α,β-unsaturated/α-hetero) is 1. The minimum absolute atomic E-state index is 0.0369. The number of carbonyl (C=O) groups is 1. The molecular weight excluding hydrogens is 366 g/mol. The third kappa shape index (κ3) is 3.66. The van der Waals surface area contributed by atoms with E-state index in [0.29, 0.717) is 26.9 Å². The van der Waals surface area contributed by atoms with Gasteiger partial charge in [0.25, 0.3) is 5.22 Å². The van der Waals surface area contributed by atoms with E-state index in [9.17, 15) is 4.79 Å². The predicted octanol–water partition coefficient (Wildman–Crippen LogP) is 6.12. The summed E-state index contributed by atoms with van der Waals surface area (Å²) in [5.41, 5.74) is 4.25. The van der Waals surface area contributed by atoms with Gasteiger partial charge < -0.3 is 4.42 Å². The first-order valence-corrected chi connectivity index (χ1v) is 9.43. The van der Waals surface area contributed by atoms with Crippen molar-refractivity contribution in [2.75, 3.05) is 5.75 Å². The molecule has 0 bridgehead atoms. The SMILES string of the molecule is O=C(CSc1nc2cc(Cl)ccc2o1)c1ccc(-c2ccccc2)cc1. The molecule has 5 heteroatoms. The lowest BCUT2D eigenvalue weighted by atomic mass is 10.0. The first kappa shape index (κ1) is 16.9. The summed E-state index contributed by atoms with van der Waals surface area (Å²) in [6.45, 7) is 0. The van der Waals surface area contributed by atoms with E-state index in [0.717, 1.165) is 11.1 Å². The quantitative estimate of drug-likeness (QED) is 0.309. The van der Waals surface area contributed by atoms with Crippen LogP contribution in [0.4, 0.5) is 0 Å². The molecule has 128 valence electrons. The number of ketones is 1. The number of nitrogens with zero attached hydrogens (tertiary/aromatic N) is 1. The number of thioether (sulfide) groups is 1. The van der Waals surface area contributed by atoms with Gasteiger partial charge >= 0.3 is 0 Å². The second kappa shape index (κ2) is 7.36. The number of hydrogen-bond donors (Lipinski definition) is 0. The number of carbonyl (C=O) groups excluding carboxylic acids is 1. The molecule has 4 aromatic rings. The van der Waals surface area contributed by atoms with Crippen LogP contribution in [0.15, 0.2) is 82.4 Å². The zero-order valence-corrected chi connectivity index (χ0v) is 15.3. The topological polar surface area (TPSA) is 43.1 Å². The Labute approximate surface area is 160 Å². The van der Waals surface area contributed by atoms with Gasteiger partial charge in [-0.05, 0) is 29.3 Å². The second-order valence-corrected chi connectivity index (χ2v) is 7.11. The second-order valence-electron chi connectivity index (χ2n) is 5.75. The largest absolute Gasteiger partial charge is 0.431 e. The molecule has 0 radical (unpaired) electrons. The number of aromatic nitrogens is 1. The van der Waals surface area contributed by atoms with Crippen LogP contribution >= 0.6 is 23.4 Å². The molecule has 0 atom stereocenters. The number of benzene rings is 3. The Balaban J connectivity index is 1.44. The first-order valence-electron chi connectivity index (χ1n) is 8.07. The molecule has 0 aliphatic heterocycles. The van der Waals surface area contributed by atoms with Crippen LogP contribution < -0.4 is 0 Å². The third-order valence-electron chi connectivity index (χ3n) is 3.97.